The normalized spacial score (nSPS) is 26.6. The van der Waals surface area contributed by atoms with Crippen LogP contribution < -0.4 is 0 Å². The van der Waals surface area contributed by atoms with Crippen LogP contribution in [0.1, 0.15) is 56.3 Å². The molecule has 184 valence electrons. The number of amides is 3. The van der Waals surface area contributed by atoms with Crippen molar-refractivity contribution < 1.29 is 23.9 Å². The van der Waals surface area contributed by atoms with Gasteiger partial charge in [-0.2, -0.15) is 0 Å². The Morgan fingerprint density at radius 2 is 1.97 bits per heavy atom. The number of urea groups is 1. The number of carbonyl (C=O) groups excluding carboxylic acids is 3. The number of carbonyl (C=O) groups is 3. The molecule has 2 saturated heterocycles. The third-order valence-corrected chi connectivity index (χ3v) is 7.50. The standard InChI is InChI=1S/C25H32ClN3O5/c1-25(2,3)34-24(32)28-6-7-33-14-21(28)19-10-17(26)8-15-4-5-27(13-20(15)19)23(31)29-12-16-9-18(29)11-22(16)30/h8,10,16,18,21H,4-7,9,11-14H2,1-3H3/t16-,18-,21+/m1/s1. The first-order valence-electron chi connectivity index (χ1n) is 12.1. The van der Waals surface area contributed by atoms with E-state index in [0.29, 0.717) is 57.3 Å². The molecule has 3 atom stereocenters. The molecular formula is C25H32ClN3O5. The molecule has 3 aliphatic heterocycles. The van der Waals surface area contributed by atoms with Gasteiger partial charge in [-0.1, -0.05) is 11.6 Å². The molecule has 3 amide bonds. The van der Waals surface area contributed by atoms with E-state index in [4.69, 9.17) is 21.1 Å². The van der Waals surface area contributed by atoms with Gasteiger partial charge in [0.2, 0.25) is 0 Å². The first-order chi connectivity index (χ1) is 16.1. The lowest BCUT2D eigenvalue weighted by molar-refractivity contribution is -0.122. The van der Waals surface area contributed by atoms with Crippen molar-refractivity contribution in [3.8, 4) is 0 Å². The number of piperidine rings is 1. The third-order valence-electron chi connectivity index (χ3n) is 7.28. The molecule has 8 nitrogen and oxygen atoms in total. The second kappa shape index (κ2) is 8.72. The van der Waals surface area contributed by atoms with Crippen molar-refractivity contribution in [3.63, 3.8) is 0 Å². The molecule has 34 heavy (non-hydrogen) atoms. The first-order valence-corrected chi connectivity index (χ1v) is 12.5. The van der Waals surface area contributed by atoms with Gasteiger partial charge in [0.05, 0.1) is 19.3 Å². The molecule has 9 heteroatoms. The summed E-state index contributed by atoms with van der Waals surface area (Å²) in [6.07, 6.45) is 1.58. The van der Waals surface area contributed by atoms with Gasteiger partial charge in [-0.05, 0) is 62.4 Å². The van der Waals surface area contributed by atoms with Crippen molar-refractivity contribution in [3.05, 3.63) is 33.8 Å². The zero-order valence-electron chi connectivity index (χ0n) is 20.0. The monoisotopic (exact) mass is 489 g/mol. The predicted molar refractivity (Wildman–Crippen MR) is 126 cm³/mol. The minimum atomic E-state index is -0.604. The highest BCUT2D eigenvalue weighted by Crippen LogP contribution is 2.38. The lowest BCUT2D eigenvalue weighted by Gasteiger charge is -2.40. The zero-order valence-corrected chi connectivity index (χ0v) is 20.8. The number of benzene rings is 1. The predicted octanol–water partition coefficient (Wildman–Crippen LogP) is 3.79. The topological polar surface area (TPSA) is 79.4 Å². The van der Waals surface area contributed by atoms with Gasteiger partial charge in [0.25, 0.3) is 0 Å². The van der Waals surface area contributed by atoms with Crippen molar-refractivity contribution >= 4 is 29.5 Å². The van der Waals surface area contributed by atoms with Crippen molar-refractivity contribution in [2.45, 2.75) is 64.3 Å². The van der Waals surface area contributed by atoms with Gasteiger partial charge >= 0.3 is 12.1 Å². The van der Waals surface area contributed by atoms with Gasteiger partial charge in [-0.15, -0.1) is 0 Å². The van der Waals surface area contributed by atoms with Gasteiger partial charge in [0.15, 0.2) is 0 Å². The number of ketones is 1. The molecule has 1 aliphatic carbocycles. The maximum absolute atomic E-state index is 13.4. The van der Waals surface area contributed by atoms with Crippen LogP contribution in [0.15, 0.2) is 12.1 Å². The summed E-state index contributed by atoms with van der Waals surface area (Å²) in [6, 6.07) is 3.54. The van der Waals surface area contributed by atoms with E-state index < -0.39 is 5.60 Å². The van der Waals surface area contributed by atoms with Crippen LogP contribution in [0.3, 0.4) is 0 Å². The SMILES string of the molecule is CC(C)(C)OC(=O)N1CCOC[C@H]1c1cc(Cl)cc2c1CN(C(=O)N1C[C@H]3C[C@@H]1CC3=O)CC2. The summed E-state index contributed by atoms with van der Waals surface area (Å²) in [6.45, 7) is 8.34. The Balaban J connectivity index is 1.41. The molecule has 1 aromatic carbocycles. The Morgan fingerprint density at radius 3 is 2.65 bits per heavy atom. The second-order valence-electron chi connectivity index (χ2n) is 10.8. The van der Waals surface area contributed by atoms with E-state index in [1.54, 1.807) is 4.90 Å². The Labute approximate surface area is 205 Å². The molecule has 0 N–H and O–H groups in total. The fraction of sp³-hybridized carbons (Fsp3) is 0.640. The summed E-state index contributed by atoms with van der Waals surface area (Å²) in [7, 11) is 0. The molecule has 4 aliphatic rings. The molecule has 0 unspecified atom stereocenters. The summed E-state index contributed by atoms with van der Waals surface area (Å²) >= 11 is 6.50. The lowest BCUT2D eigenvalue weighted by Crippen LogP contribution is -2.50. The summed E-state index contributed by atoms with van der Waals surface area (Å²) < 4.78 is 11.4. The number of hydrogen-bond acceptors (Lipinski definition) is 5. The van der Waals surface area contributed by atoms with Crippen LogP contribution in [0.4, 0.5) is 9.59 Å². The van der Waals surface area contributed by atoms with Gasteiger partial charge in [0.1, 0.15) is 11.4 Å². The number of nitrogens with zero attached hydrogens (tertiary/aromatic N) is 3. The lowest BCUT2D eigenvalue weighted by atomic mass is 9.90. The Morgan fingerprint density at radius 1 is 1.18 bits per heavy atom. The number of morpholine rings is 1. The van der Waals surface area contributed by atoms with Crippen LogP contribution >= 0.6 is 11.6 Å². The van der Waals surface area contributed by atoms with Crippen molar-refractivity contribution in [2.75, 3.05) is 32.8 Å². The molecule has 3 heterocycles. The van der Waals surface area contributed by atoms with Crippen LogP contribution in [0.25, 0.3) is 0 Å². The zero-order chi connectivity index (χ0) is 24.2. The quantitative estimate of drug-likeness (QED) is 0.599. The average Bonchev–Trinajstić information content (AvgIpc) is 3.36. The fourth-order valence-electron chi connectivity index (χ4n) is 5.68. The molecule has 0 aromatic heterocycles. The highest BCUT2D eigenvalue weighted by molar-refractivity contribution is 6.30. The number of fused-ring (bicyclic) bond motifs is 3. The second-order valence-corrected chi connectivity index (χ2v) is 11.2. The first kappa shape index (κ1) is 23.4. The van der Waals surface area contributed by atoms with Crippen LogP contribution in [0.5, 0.6) is 0 Å². The Hall–Kier alpha value is -2.32. The minimum absolute atomic E-state index is 0.00201. The molecule has 2 bridgehead atoms. The van der Waals surface area contributed by atoms with E-state index in [1.165, 1.54) is 0 Å². The van der Waals surface area contributed by atoms with Gasteiger partial charge in [-0.25, -0.2) is 9.59 Å². The van der Waals surface area contributed by atoms with E-state index in [2.05, 4.69) is 0 Å². The maximum Gasteiger partial charge on any atom is 0.410 e. The van der Waals surface area contributed by atoms with Gasteiger partial charge in [0, 0.05) is 49.6 Å². The number of halogens is 1. The van der Waals surface area contributed by atoms with E-state index in [0.717, 1.165) is 23.1 Å². The van der Waals surface area contributed by atoms with Gasteiger partial charge < -0.3 is 19.3 Å². The van der Waals surface area contributed by atoms with E-state index >= 15 is 0 Å². The van der Waals surface area contributed by atoms with Gasteiger partial charge in [-0.3, -0.25) is 9.69 Å². The minimum Gasteiger partial charge on any atom is -0.444 e. The Bertz CT molecular complexity index is 1020. The molecular weight excluding hydrogens is 458 g/mol. The van der Waals surface area contributed by atoms with Crippen molar-refractivity contribution in [1.29, 1.82) is 0 Å². The number of rotatable bonds is 1. The van der Waals surface area contributed by atoms with Crippen LogP contribution in [-0.4, -0.2) is 77.1 Å². The number of Topliss-reactive ketones (excluding diaryl/α,β-unsaturated/α-hetero) is 1. The van der Waals surface area contributed by atoms with Crippen molar-refractivity contribution in [2.24, 2.45) is 5.92 Å². The van der Waals surface area contributed by atoms with Crippen LogP contribution in [0.2, 0.25) is 5.02 Å². The summed E-state index contributed by atoms with van der Waals surface area (Å²) in [5, 5.41) is 0.610. The maximum atomic E-state index is 13.4. The number of hydrogen-bond donors (Lipinski definition) is 0. The summed E-state index contributed by atoms with van der Waals surface area (Å²) in [5.41, 5.74) is 2.42. The Kier molecular flexibility index (Phi) is 6.01. The molecule has 3 fully saturated rings. The van der Waals surface area contributed by atoms with E-state index in [9.17, 15) is 14.4 Å². The molecule has 0 radical (unpaired) electrons. The van der Waals surface area contributed by atoms with Crippen molar-refractivity contribution in [1.82, 2.24) is 14.7 Å². The molecule has 1 saturated carbocycles. The highest BCUT2D eigenvalue weighted by Gasteiger charge is 2.47. The molecule has 1 aromatic rings. The largest absolute Gasteiger partial charge is 0.444 e. The van der Waals surface area contributed by atoms with Crippen LogP contribution in [0, 0.1) is 5.92 Å². The van der Waals surface area contributed by atoms with E-state index in [-0.39, 0.29) is 35.9 Å². The van der Waals surface area contributed by atoms with Crippen LogP contribution in [-0.2, 0) is 27.2 Å². The molecule has 0 spiro atoms. The smallest absolute Gasteiger partial charge is 0.410 e. The fourth-order valence-corrected chi connectivity index (χ4v) is 5.93. The van der Waals surface area contributed by atoms with E-state index in [1.807, 2.05) is 42.7 Å². The average molecular weight is 490 g/mol. The third kappa shape index (κ3) is 4.38. The molecule has 5 rings (SSSR count). The summed E-state index contributed by atoms with van der Waals surface area (Å²) in [4.78, 5) is 43.8. The number of ether oxygens (including phenoxy) is 2. The summed E-state index contributed by atoms with van der Waals surface area (Å²) in [5.74, 6) is 0.289. The highest BCUT2D eigenvalue weighted by atomic mass is 35.5. The number of likely N-dealkylation sites (tertiary alicyclic amines) is 1.